The maximum atomic E-state index is 6.31. The molecule has 82 valence electrons. The van der Waals surface area contributed by atoms with Gasteiger partial charge in [-0.1, -0.05) is 31.5 Å². The van der Waals surface area contributed by atoms with Crippen LogP contribution in [-0.4, -0.2) is 7.11 Å². The Kier molecular flexibility index (Phi) is 2.25. The van der Waals surface area contributed by atoms with Crippen molar-refractivity contribution >= 4 is 11.6 Å². The minimum absolute atomic E-state index is 0.172. The van der Waals surface area contributed by atoms with Gasteiger partial charge in [0.15, 0.2) is 0 Å². The number of methoxy groups -OCH3 is 1. The Labute approximate surface area is 95.4 Å². The molecule has 0 spiro atoms. The average molecular weight is 226 g/mol. The Morgan fingerprint density at radius 1 is 1.40 bits per heavy atom. The molecule has 2 nitrogen and oxygen atoms in total. The molecule has 0 bridgehead atoms. The van der Waals surface area contributed by atoms with Crippen LogP contribution in [0.2, 0.25) is 5.02 Å². The fraction of sp³-hybridized carbons (Fsp3) is 0.500. The standard InChI is InChI=1S/C12H16ClNO/c1-11(2)7-12(11,14)8-4-5-10(15-3)9(13)6-8/h4-6H,7,14H2,1-3H3. The first kappa shape index (κ1) is 10.8. The summed E-state index contributed by atoms with van der Waals surface area (Å²) in [4.78, 5) is 0. The second kappa shape index (κ2) is 3.13. The van der Waals surface area contributed by atoms with E-state index < -0.39 is 0 Å². The zero-order chi connectivity index (χ0) is 11.3. The maximum absolute atomic E-state index is 6.31. The second-order valence-electron chi connectivity index (χ2n) is 4.88. The van der Waals surface area contributed by atoms with E-state index in [9.17, 15) is 0 Å². The normalized spacial score (nSPS) is 27.5. The molecule has 0 aliphatic heterocycles. The molecular formula is C12H16ClNO. The van der Waals surface area contributed by atoms with E-state index in [0.29, 0.717) is 10.8 Å². The van der Waals surface area contributed by atoms with Crippen molar-refractivity contribution in [2.45, 2.75) is 25.8 Å². The second-order valence-corrected chi connectivity index (χ2v) is 5.29. The highest BCUT2D eigenvalue weighted by Crippen LogP contribution is 2.60. The molecular weight excluding hydrogens is 210 g/mol. The summed E-state index contributed by atoms with van der Waals surface area (Å²) in [5.74, 6) is 0.697. The molecule has 1 atom stereocenters. The lowest BCUT2D eigenvalue weighted by atomic mass is 9.97. The number of ether oxygens (including phenoxy) is 1. The van der Waals surface area contributed by atoms with Crippen molar-refractivity contribution in [3.63, 3.8) is 0 Å². The van der Waals surface area contributed by atoms with E-state index in [1.54, 1.807) is 7.11 Å². The predicted octanol–water partition coefficient (Wildman–Crippen LogP) is 2.93. The zero-order valence-corrected chi connectivity index (χ0v) is 10.1. The van der Waals surface area contributed by atoms with Gasteiger partial charge >= 0.3 is 0 Å². The molecule has 0 radical (unpaired) electrons. The first-order chi connectivity index (χ1) is 6.90. The lowest BCUT2D eigenvalue weighted by Gasteiger charge is -2.16. The van der Waals surface area contributed by atoms with Crippen LogP contribution in [0.5, 0.6) is 5.75 Å². The minimum atomic E-state index is -0.219. The summed E-state index contributed by atoms with van der Waals surface area (Å²) in [6.45, 7) is 4.34. The molecule has 1 saturated carbocycles. The van der Waals surface area contributed by atoms with Crippen molar-refractivity contribution in [2.24, 2.45) is 11.1 Å². The maximum Gasteiger partial charge on any atom is 0.137 e. The van der Waals surface area contributed by atoms with Crippen LogP contribution in [0.25, 0.3) is 0 Å². The van der Waals surface area contributed by atoms with Gasteiger partial charge in [-0.2, -0.15) is 0 Å². The molecule has 1 unspecified atom stereocenters. The lowest BCUT2D eigenvalue weighted by Crippen LogP contribution is -2.25. The molecule has 1 aliphatic carbocycles. The van der Waals surface area contributed by atoms with E-state index in [4.69, 9.17) is 22.1 Å². The summed E-state index contributed by atoms with van der Waals surface area (Å²) in [5, 5.41) is 0.627. The first-order valence-corrected chi connectivity index (χ1v) is 5.41. The summed E-state index contributed by atoms with van der Waals surface area (Å²) < 4.78 is 5.11. The third-order valence-corrected chi connectivity index (χ3v) is 3.77. The quantitative estimate of drug-likeness (QED) is 0.840. The molecule has 0 saturated heterocycles. The molecule has 1 aromatic carbocycles. The fourth-order valence-electron chi connectivity index (χ4n) is 2.09. The summed E-state index contributed by atoms with van der Waals surface area (Å²) >= 11 is 6.08. The Balaban J connectivity index is 2.37. The van der Waals surface area contributed by atoms with Crippen LogP contribution in [-0.2, 0) is 5.54 Å². The minimum Gasteiger partial charge on any atom is -0.495 e. The van der Waals surface area contributed by atoms with Crippen molar-refractivity contribution in [2.75, 3.05) is 7.11 Å². The largest absolute Gasteiger partial charge is 0.495 e. The summed E-state index contributed by atoms with van der Waals surface area (Å²) in [6.07, 6.45) is 1.00. The number of rotatable bonds is 2. The summed E-state index contributed by atoms with van der Waals surface area (Å²) in [5.41, 5.74) is 7.35. The average Bonchev–Trinajstić information content (AvgIpc) is 2.67. The van der Waals surface area contributed by atoms with E-state index in [1.165, 1.54) is 0 Å². The molecule has 0 aromatic heterocycles. The van der Waals surface area contributed by atoms with E-state index >= 15 is 0 Å². The van der Waals surface area contributed by atoms with Gasteiger partial charge in [-0.25, -0.2) is 0 Å². The highest BCUT2D eigenvalue weighted by molar-refractivity contribution is 6.32. The SMILES string of the molecule is COc1ccc(C2(N)CC2(C)C)cc1Cl. The van der Waals surface area contributed by atoms with Crippen molar-refractivity contribution < 1.29 is 4.74 Å². The summed E-state index contributed by atoms with van der Waals surface area (Å²) in [7, 11) is 1.61. The van der Waals surface area contributed by atoms with Crippen LogP contribution >= 0.6 is 11.6 Å². The van der Waals surface area contributed by atoms with Gasteiger partial charge < -0.3 is 10.5 Å². The van der Waals surface area contributed by atoms with Gasteiger partial charge in [0.2, 0.25) is 0 Å². The number of halogens is 1. The van der Waals surface area contributed by atoms with Gasteiger partial charge in [0.25, 0.3) is 0 Å². The van der Waals surface area contributed by atoms with Crippen molar-refractivity contribution in [1.82, 2.24) is 0 Å². The fourth-order valence-corrected chi connectivity index (χ4v) is 2.35. The number of benzene rings is 1. The molecule has 15 heavy (non-hydrogen) atoms. The molecule has 0 amide bonds. The third-order valence-electron chi connectivity index (χ3n) is 3.47. The molecule has 3 heteroatoms. The van der Waals surface area contributed by atoms with Gasteiger partial charge in [0.1, 0.15) is 5.75 Å². The Bertz CT molecular complexity index is 403. The Morgan fingerprint density at radius 2 is 2.00 bits per heavy atom. The van der Waals surface area contributed by atoms with Crippen LogP contribution in [0, 0.1) is 5.41 Å². The van der Waals surface area contributed by atoms with Crippen molar-refractivity contribution in [1.29, 1.82) is 0 Å². The van der Waals surface area contributed by atoms with Crippen LogP contribution in [0.3, 0.4) is 0 Å². The molecule has 1 aliphatic rings. The molecule has 1 fully saturated rings. The smallest absolute Gasteiger partial charge is 0.137 e. The highest BCUT2D eigenvalue weighted by Gasteiger charge is 2.59. The Morgan fingerprint density at radius 3 is 2.40 bits per heavy atom. The van der Waals surface area contributed by atoms with Crippen LogP contribution in [0.15, 0.2) is 18.2 Å². The molecule has 2 rings (SSSR count). The lowest BCUT2D eigenvalue weighted by molar-refractivity contribution is 0.414. The number of nitrogens with two attached hydrogens (primary N) is 1. The third kappa shape index (κ3) is 1.52. The summed E-state index contributed by atoms with van der Waals surface area (Å²) in [6, 6.07) is 5.79. The molecule has 2 N–H and O–H groups in total. The van der Waals surface area contributed by atoms with Gasteiger partial charge in [-0.15, -0.1) is 0 Å². The highest BCUT2D eigenvalue weighted by atomic mass is 35.5. The van der Waals surface area contributed by atoms with Crippen LogP contribution in [0.4, 0.5) is 0 Å². The van der Waals surface area contributed by atoms with E-state index in [-0.39, 0.29) is 11.0 Å². The van der Waals surface area contributed by atoms with Crippen molar-refractivity contribution in [3.05, 3.63) is 28.8 Å². The van der Waals surface area contributed by atoms with Crippen LogP contribution in [0.1, 0.15) is 25.8 Å². The Hall–Kier alpha value is -0.730. The van der Waals surface area contributed by atoms with Gasteiger partial charge in [0, 0.05) is 5.54 Å². The monoisotopic (exact) mass is 225 g/mol. The number of hydrogen-bond acceptors (Lipinski definition) is 2. The van der Waals surface area contributed by atoms with E-state index in [1.807, 2.05) is 18.2 Å². The van der Waals surface area contributed by atoms with Gasteiger partial charge in [-0.3, -0.25) is 0 Å². The van der Waals surface area contributed by atoms with E-state index in [2.05, 4.69) is 13.8 Å². The van der Waals surface area contributed by atoms with E-state index in [0.717, 1.165) is 12.0 Å². The zero-order valence-electron chi connectivity index (χ0n) is 9.30. The van der Waals surface area contributed by atoms with Crippen molar-refractivity contribution in [3.8, 4) is 5.75 Å². The predicted molar refractivity (Wildman–Crippen MR) is 62.3 cm³/mol. The van der Waals surface area contributed by atoms with Gasteiger partial charge in [-0.05, 0) is 29.5 Å². The van der Waals surface area contributed by atoms with Crippen LogP contribution < -0.4 is 10.5 Å². The molecule has 0 heterocycles. The molecule has 1 aromatic rings. The topological polar surface area (TPSA) is 35.2 Å². The first-order valence-electron chi connectivity index (χ1n) is 5.04. The van der Waals surface area contributed by atoms with Gasteiger partial charge in [0.05, 0.1) is 12.1 Å². The number of hydrogen-bond donors (Lipinski definition) is 1.